The summed E-state index contributed by atoms with van der Waals surface area (Å²) in [6.45, 7) is 24.2. The summed E-state index contributed by atoms with van der Waals surface area (Å²) in [5.74, 6) is 0. The lowest BCUT2D eigenvalue weighted by Gasteiger charge is -2.39. The first-order valence-corrected chi connectivity index (χ1v) is 15.1. The van der Waals surface area contributed by atoms with E-state index in [2.05, 4.69) is 91.2 Å². The molecule has 0 saturated heterocycles. The van der Waals surface area contributed by atoms with Gasteiger partial charge < -0.3 is 10.6 Å². The van der Waals surface area contributed by atoms with Crippen LogP contribution in [0.4, 0.5) is 0 Å². The van der Waals surface area contributed by atoms with Crippen LogP contribution in [-0.2, 0) is 0 Å². The van der Waals surface area contributed by atoms with E-state index < -0.39 is 0 Å². The number of hydrogen-bond acceptors (Lipinski definition) is 3. The molecule has 2 N–H and O–H groups in total. The molecule has 0 bridgehead atoms. The normalized spacial score (nSPS) is 29.5. The molecule has 1 saturated carbocycles. The average molecular weight is 510 g/mol. The second-order valence-electron chi connectivity index (χ2n) is 14.9. The number of nitrogens with zero attached hydrogens (tertiary/aromatic N) is 1. The van der Waals surface area contributed by atoms with Crippen molar-refractivity contribution < 1.29 is 0 Å². The summed E-state index contributed by atoms with van der Waals surface area (Å²) in [6, 6.07) is 2.87. The van der Waals surface area contributed by atoms with Crippen LogP contribution >= 0.6 is 0 Å². The van der Waals surface area contributed by atoms with Crippen molar-refractivity contribution in [3.05, 3.63) is 34.7 Å². The Labute approximate surface area is 230 Å². The van der Waals surface area contributed by atoms with Crippen LogP contribution in [0.5, 0.6) is 0 Å². The SMILES string of the molecule is CCCC1(C)CCC(NC2=CCCC(C)(C)C2)CC(C)(CN/C(=C/C(C)=C(/C)C#N)CC(C)(C)CC)C1. The highest BCUT2D eigenvalue weighted by molar-refractivity contribution is 5.33. The van der Waals surface area contributed by atoms with Crippen LogP contribution in [0.3, 0.4) is 0 Å². The van der Waals surface area contributed by atoms with E-state index in [4.69, 9.17) is 0 Å². The van der Waals surface area contributed by atoms with Gasteiger partial charge in [0, 0.05) is 29.6 Å². The third-order valence-corrected chi connectivity index (χ3v) is 9.33. The number of hydrogen-bond donors (Lipinski definition) is 2. The molecule has 3 atom stereocenters. The molecule has 3 heteroatoms. The third-order valence-electron chi connectivity index (χ3n) is 9.33. The van der Waals surface area contributed by atoms with Gasteiger partial charge in [-0.3, -0.25) is 0 Å². The minimum atomic E-state index is 0.209. The summed E-state index contributed by atoms with van der Waals surface area (Å²) in [5.41, 5.74) is 5.87. The van der Waals surface area contributed by atoms with Crippen molar-refractivity contribution in [1.29, 1.82) is 5.26 Å². The fraction of sp³-hybridized carbons (Fsp3) is 0.794. The van der Waals surface area contributed by atoms with E-state index >= 15 is 0 Å². The lowest BCUT2D eigenvalue weighted by atomic mass is 9.69. The van der Waals surface area contributed by atoms with Crippen LogP contribution in [0, 0.1) is 33.0 Å². The molecular formula is C34H59N3. The summed E-state index contributed by atoms with van der Waals surface area (Å²) < 4.78 is 0. The number of nitrogens with one attached hydrogen (secondary N) is 2. The molecule has 0 heterocycles. The molecule has 210 valence electrons. The largest absolute Gasteiger partial charge is 0.388 e. The Hall–Kier alpha value is -1.69. The first kappa shape index (κ1) is 31.5. The Morgan fingerprint density at radius 3 is 2.43 bits per heavy atom. The molecule has 0 amide bonds. The van der Waals surface area contributed by atoms with Gasteiger partial charge in [0.1, 0.15) is 0 Å². The average Bonchev–Trinajstić information content (AvgIpc) is 2.92. The van der Waals surface area contributed by atoms with Gasteiger partial charge in [-0.2, -0.15) is 5.26 Å². The van der Waals surface area contributed by atoms with Gasteiger partial charge in [-0.05, 0) is 105 Å². The monoisotopic (exact) mass is 509 g/mol. The molecule has 3 unspecified atom stereocenters. The first-order valence-electron chi connectivity index (χ1n) is 15.1. The van der Waals surface area contributed by atoms with Crippen molar-refractivity contribution in [1.82, 2.24) is 10.6 Å². The van der Waals surface area contributed by atoms with E-state index in [0.29, 0.717) is 16.9 Å². The number of rotatable bonds is 11. The van der Waals surface area contributed by atoms with Crippen molar-refractivity contribution >= 4 is 0 Å². The molecule has 1 fully saturated rings. The van der Waals surface area contributed by atoms with Gasteiger partial charge in [-0.15, -0.1) is 0 Å². The van der Waals surface area contributed by atoms with Gasteiger partial charge in [0.25, 0.3) is 0 Å². The molecule has 0 radical (unpaired) electrons. The molecule has 2 aliphatic carbocycles. The summed E-state index contributed by atoms with van der Waals surface area (Å²) in [4.78, 5) is 0. The van der Waals surface area contributed by atoms with E-state index in [1.54, 1.807) is 0 Å². The number of allylic oxidation sites excluding steroid dienone is 6. The van der Waals surface area contributed by atoms with Gasteiger partial charge in [-0.25, -0.2) is 0 Å². The van der Waals surface area contributed by atoms with Gasteiger partial charge in [-0.1, -0.05) is 74.3 Å². The van der Waals surface area contributed by atoms with Crippen LogP contribution in [0.2, 0.25) is 0 Å². The van der Waals surface area contributed by atoms with E-state index in [9.17, 15) is 5.26 Å². The zero-order valence-corrected chi connectivity index (χ0v) is 26.2. The molecule has 0 spiro atoms. The smallest absolute Gasteiger partial charge is 0.0946 e. The quantitative estimate of drug-likeness (QED) is 0.165. The van der Waals surface area contributed by atoms with Crippen LogP contribution in [0.15, 0.2) is 34.7 Å². The predicted octanol–water partition coefficient (Wildman–Crippen LogP) is 9.59. The van der Waals surface area contributed by atoms with Gasteiger partial charge in [0.05, 0.1) is 6.07 Å². The Kier molecular flexibility index (Phi) is 11.0. The van der Waals surface area contributed by atoms with Crippen molar-refractivity contribution in [3.63, 3.8) is 0 Å². The molecule has 2 rings (SSSR count). The van der Waals surface area contributed by atoms with E-state index in [-0.39, 0.29) is 10.8 Å². The second-order valence-corrected chi connectivity index (χ2v) is 14.9. The molecule has 37 heavy (non-hydrogen) atoms. The minimum Gasteiger partial charge on any atom is -0.388 e. The van der Waals surface area contributed by atoms with Crippen LogP contribution in [-0.4, -0.2) is 12.6 Å². The highest BCUT2D eigenvalue weighted by atomic mass is 15.0. The van der Waals surface area contributed by atoms with Crippen molar-refractivity contribution in [2.75, 3.05) is 6.54 Å². The van der Waals surface area contributed by atoms with Gasteiger partial charge in [0.15, 0.2) is 0 Å². The third kappa shape index (κ3) is 10.2. The molecule has 3 nitrogen and oxygen atoms in total. The second kappa shape index (κ2) is 12.9. The van der Waals surface area contributed by atoms with Crippen LogP contribution < -0.4 is 10.6 Å². The summed E-state index contributed by atoms with van der Waals surface area (Å²) in [5, 5.41) is 17.4. The fourth-order valence-electron chi connectivity index (χ4n) is 6.76. The maximum absolute atomic E-state index is 9.44. The minimum absolute atomic E-state index is 0.209. The highest BCUT2D eigenvalue weighted by Gasteiger charge is 2.40. The molecule has 0 aromatic rings. The molecule has 2 aliphatic rings. The summed E-state index contributed by atoms with van der Waals surface area (Å²) in [7, 11) is 0. The Morgan fingerprint density at radius 2 is 1.84 bits per heavy atom. The molecular weight excluding hydrogens is 450 g/mol. The van der Waals surface area contributed by atoms with Crippen molar-refractivity contribution in [2.24, 2.45) is 21.7 Å². The zero-order valence-electron chi connectivity index (χ0n) is 26.2. The first-order chi connectivity index (χ1) is 17.1. The number of nitriles is 1. The predicted molar refractivity (Wildman–Crippen MR) is 161 cm³/mol. The molecule has 0 aromatic heterocycles. The topological polar surface area (TPSA) is 47.8 Å². The Bertz CT molecular complexity index is 897. The Morgan fingerprint density at radius 1 is 1.14 bits per heavy atom. The maximum atomic E-state index is 9.44. The molecule has 0 aliphatic heterocycles. The zero-order chi connectivity index (χ0) is 27.9. The summed E-state index contributed by atoms with van der Waals surface area (Å²) in [6.07, 6.45) is 18.1. The van der Waals surface area contributed by atoms with Crippen LogP contribution in [0.1, 0.15) is 140 Å². The lowest BCUT2D eigenvalue weighted by molar-refractivity contribution is 0.147. The van der Waals surface area contributed by atoms with Crippen molar-refractivity contribution in [3.8, 4) is 6.07 Å². The fourth-order valence-corrected chi connectivity index (χ4v) is 6.76. The Balaban J connectivity index is 2.29. The van der Waals surface area contributed by atoms with Gasteiger partial charge >= 0.3 is 0 Å². The molecule has 0 aromatic carbocycles. The van der Waals surface area contributed by atoms with Crippen LogP contribution in [0.25, 0.3) is 0 Å². The maximum Gasteiger partial charge on any atom is 0.0946 e. The van der Waals surface area contributed by atoms with E-state index in [1.165, 1.54) is 69.2 Å². The van der Waals surface area contributed by atoms with Crippen molar-refractivity contribution in [2.45, 2.75) is 146 Å². The summed E-state index contributed by atoms with van der Waals surface area (Å²) >= 11 is 0. The van der Waals surface area contributed by atoms with E-state index in [1.807, 2.05) is 6.92 Å². The lowest BCUT2D eigenvalue weighted by Crippen LogP contribution is -2.40. The van der Waals surface area contributed by atoms with E-state index in [0.717, 1.165) is 30.5 Å². The highest BCUT2D eigenvalue weighted by Crippen LogP contribution is 2.47. The standard InChI is InChI=1S/C34H59N3/c1-11-16-33(9)18-15-29(37-28-14-13-17-32(7,8)20-28)22-34(10,24-33)25-36-30(21-31(5,6)12-2)19-26(3)27(4)23-35/h14,19,29,36-37H,11-13,15-18,20-22,24-25H2,1-10H3/b27-26-,30-19+. The van der Waals surface area contributed by atoms with Gasteiger partial charge in [0.2, 0.25) is 0 Å².